The van der Waals surface area contributed by atoms with Gasteiger partial charge in [0, 0.05) is 24.1 Å². The van der Waals surface area contributed by atoms with Crippen LogP contribution in [-0.4, -0.2) is 27.0 Å². The zero-order valence-corrected chi connectivity index (χ0v) is 11.7. The number of aliphatic hydroxyl groups is 2. The number of hydrogen-bond donors (Lipinski definition) is 3. The predicted molar refractivity (Wildman–Crippen MR) is 74.5 cm³/mol. The molecule has 1 aliphatic rings. The van der Waals surface area contributed by atoms with Crippen LogP contribution in [0.25, 0.3) is 11.0 Å². The summed E-state index contributed by atoms with van der Waals surface area (Å²) in [4.78, 5) is 12.0. The average molecular weight is 292 g/mol. The van der Waals surface area contributed by atoms with Crippen LogP contribution in [0.3, 0.4) is 0 Å². The summed E-state index contributed by atoms with van der Waals surface area (Å²) in [6, 6.07) is 2.66. The Labute approximate surface area is 120 Å². The van der Waals surface area contributed by atoms with Gasteiger partial charge < -0.3 is 24.5 Å². The fourth-order valence-corrected chi connectivity index (χ4v) is 2.52. The van der Waals surface area contributed by atoms with Crippen LogP contribution >= 0.6 is 0 Å². The van der Waals surface area contributed by atoms with E-state index < -0.39 is 23.7 Å². The van der Waals surface area contributed by atoms with Crippen molar-refractivity contribution in [3.05, 3.63) is 33.7 Å². The van der Waals surface area contributed by atoms with E-state index in [2.05, 4.69) is 0 Å². The number of phenols is 1. The van der Waals surface area contributed by atoms with Gasteiger partial charge in [-0.15, -0.1) is 0 Å². The summed E-state index contributed by atoms with van der Waals surface area (Å²) in [5, 5.41) is 29.5. The summed E-state index contributed by atoms with van der Waals surface area (Å²) in [6.45, 7) is 2.83. The molecule has 6 nitrogen and oxygen atoms in total. The number of fused-ring (bicyclic) bond motifs is 2. The Morgan fingerprint density at radius 3 is 2.71 bits per heavy atom. The molecule has 21 heavy (non-hydrogen) atoms. The van der Waals surface area contributed by atoms with E-state index in [1.807, 2.05) is 0 Å². The number of hydrogen-bond acceptors (Lipinski definition) is 6. The lowest BCUT2D eigenvalue weighted by Crippen LogP contribution is -2.39. The van der Waals surface area contributed by atoms with Crippen LogP contribution in [0, 0.1) is 0 Å². The molecule has 1 atom stereocenters. The third-order valence-electron chi connectivity index (χ3n) is 3.71. The Morgan fingerprint density at radius 1 is 1.38 bits per heavy atom. The lowest BCUT2D eigenvalue weighted by Gasteiger charge is -2.24. The van der Waals surface area contributed by atoms with Crippen LogP contribution in [0.15, 0.2) is 21.3 Å². The molecule has 2 aromatic rings. The average Bonchev–Trinajstić information content (AvgIpc) is 2.82. The summed E-state index contributed by atoms with van der Waals surface area (Å²) in [7, 11) is 0. The van der Waals surface area contributed by atoms with E-state index in [-0.39, 0.29) is 22.5 Å². The Kier molecular flexibility index (Phi) is 2.96. The molecule has 0 bridgehead atoms. The molecule has 3 rings (SSSR count). The van der Waals surface area contributed by atoms with E-state index >= 15 is 0 Å². The Balaban J connectivity index is 2.21. The van der Waals surface area contributed by atoms with E-state index in [1.54, 1.807) is 13.8 Å². The minimum Gasteiger partial charge on any atom is -0.507 e. The standard InChI is InChI=1S/C15H16O6/c1-15(2,19)12-4-8-10(21-12)5-11-13(14(8)18)9(17)3-7(6-16)20-11/h3,5,12,16,18-19H,4,6H2,1-2H3. The van der Waals surface area contributed by atoms with Crippen molar-refractivity contribution < 1.29 is 24.5 Å². The van der Waals surface area contributed by atoms with Gasteiger partial charge in [-0.25, -0.2) is 0 Å². The third-order valence-corrected chi connectivity index (χ3v) is 3.71. The maximum absolute atomic E-state index is 12.0. The van der Waals surface area contributed by atoms with Crippen molar-refractivity contribution in [3.8, 4) is 11.5 Å². The highest BCUT2D eigenvalue weighted by Gasteiger charge is 2.37. The smallest absolute Gasteiger partial charge is 0.196 e. The number of rotatable bonds is 2. The molecule has 0 amide bonds. The van der Waals surface area contributed by atoms with Crippen LogP contribution < -0.4 is 10.2 Å². The second-order valence-corrected chi connectivity index (χ2v) is 5.77. The SMILES string of the molecule is CC(C)(O)C1Cc2c(cc3oc(CO)cc(=O)c3c2O)O1. The molecule has 112 valence electrons. The number of benzene rings is 1. The summed E-state index contributed by atoms with van der Waals surface area (Å²) in [5.74, 6) is 0.307. The van der Waals surface area contributed by atoms with Crippen molar-refractivity contribution in [2.75, 3.05) is 0 Å². The first-order valence-corrected chi connectivity index (χ1v) is 6.62. The molecule has 3 N–H and O–H groups in total. The summed E-state index contributed by atoms with van der Waals surface area (Å²) >= 11 is 0. The molecule has 0 spiro atoms. The van der Waals surface area contributed by atoms with Crippen LogP contribution in [0.2, 0.25) is 0 Å². The van der Waals surface area contributed by atoms with Gasteiger partial charge in [0.2, 0.25) is 0 Å². The number of aromatic hydroxyl groups is 1. The van der Waals surface area contributed by atoms with E-state index in [4.69, 9.17) is 14.3 Å². The van der Waals surface area contributed by atoms with Gasteiger partial charge in [0.05, 0.1) is 5.60 Å². The van der Waals surface area contributed by atoms with Gasteiger partial charge in [-0.3, -0.25) is 4.79 Å². The van der Waals surface area contributed by atoms with Crippen molar-refractivity contribution in [2.45, 2.75) is 38.6 Å². The van der Waals surface area contributed by atoms with Crippen LogP contribution in [-0.2, 0) is 13.0 Å². The Hall–Kier alpha value is -2.05. The first-order chi connectivity index (χ1) is 9.81. The number of ether oxygens (including phenoxy) is 1. The highest BCUT2D eigenvalue weighted by molar-refractivity contribution is 5.87. The van der Waals surface area contributed by atoms with Crippen molar-refractivity contribution in [1.82, 2.24) is 0 Å². The second kappa shape index (κ2) is 4.47. The Morgan fingerprint density at radius 2 is 2.10 bits per heavy atom. The van der Waals surface area contributed by atoms with E-state index in [1.165, 1.54) is 6.07 Å². The summed E-state index contributed by atoms with van der Waals surface area (Å²) in [6.07, 6.45) is -0.204. The fraction of sp³-hybridized carbons (Fsp3) is 0.400. The largest absolute Gasteiger partial charge is 0.507 e. The highest BCUT2D eigenvalue weighted by Crippen LogP contribution is 2.42. The van der Waals surface area contributed by atoms with Crippen LogP contribution in [0.1, 0.15) is 25.2 Å². The maximum Gasteiger partial charge on any atom is 0.196 e. The molecule has 1 aromatic carbocycles. The first kappa shape index (κ1) is 13.9. The quantitative estimate of drug-likeness (QED) is 0.765. The summed E-state index contributed by atoms with van der Waals surface area (Å²) < 4.78 is 11.0. The molecular weight excluding hydrogens is 276 g/mol. The van der Waals surface area contributed by atoms with Gasteiger partial charge in [-0.2, -0.15) is 0 Å². The lowest BCUT2D eigenvalue weighted by atomic mass is 9.96. The van der Waals surface area contributed by atoms with E-state index in [0.29, 0.717) is 17.7 Å². The molecule has 2 heterocycles. The minimum absolute atomic E-state index is 0.0611. The summed E-state index contributed by atoms with van der Waals surface area (Å²) in [5.41, 5.74) is -0.865. The molecule has 6 heteroatoms. The molecule has 0 saturated carbocycles. The van der Waals surface area contributed by atoms with Crippen molar-refractivity contribution >= 4 is 11.0 Å². The van der Waals surface area contributed by atoms with Gasteiger partial charge in [0.1, 0.15) is 40.9 Å². The lowest BCUT2D eigenvalue weighted by molar-refractivity contribution is -0.0229. The topological polar surface area (TPSA) is 100 Å². The van der Waals surface area contributed by atoms with Crippen LogP contribution in [0.4, 0.5) is 0 Å². The van der Waals surface area contributed by atoms with E-state index in [0.717, 1.165) is 6.07 Å². The number of phenolic OH excluding ortho intramolecular Hbond substituents is 1. The third kappa shape index (κ3) is 2.16. The monoisotopic (exact) mass is 292 g/mol. The molecule has 0 aliphatic carbocycles. The van der Waals surface area contributed by atoms with Crippen molar-refractivity contribution in [3.63, 3.8) is 0 Å². The molecular formula is C15H16O6. The molecule has 1 aliphatic heterocycles. The normalized spacial score (nSPS) is 17.8. The molecule has 1 aromatic heterocycles. The molecule has 1 unspecified atom stereocenters. The highest BCUT2D eigenvalue weighted by atomic mass is 16.5. The minimum atomic E-state index is -1.08. The van der Waals surface area contributed by atoms with Gasteiger partial charge >= 0.3 is 0 Å². The molecule has 0 saturated heterocycles. The first-order valence-electron chi connectivity index (χ1n) is 6.62. The second-order valence-electron chi connectivity index (χ2n) is 5.77. The predicted octanol–water partition coefficient (Wildman–Crippen LogP) is 1.07. The fourth-order valence-electron chi connectivity index (χ4n) is 2.52. The van der Waals surface area contributed by atoms with Crippen molar-refractivity contribution in [2.24, 2.45) is 0 Å². The maximum atomic E-state index is 12.0. The molecule has 0 fully saturated rings. The Bertz CT molecular complexity index is 768. The van der Waals surface area contributed by atoms with E-state index in [9.17, 15) is 15.0 Å². The van der Waals surface area contributed by atoms with Crippen molar-refractivity contribution in [1.29, 1.82) is 0 Å². The zero-order chi connectivity index (χ0) is 15.4. The zero-order valence-electron chi connectivity index (χ0n) is 11.7. The molecule has 0 radical (unpaired) electrons. The van der Waals surface area contributed by atoms with Crippen LogP contribution in [0.5, 0.6) is 11.5 Å². The van der Waals surface area contributed by atoms with Gasteiger partial charge in [0.25, 0.3) is 0 Å². The van der Waals surface area contributed by atoms with Gasteiger partial charge in [0.15, 0.2) is 5.43 Å². The van der Waals surface area contributed by atoms with Gasteiger partial charge in [-0.05, 0) is 13.8 Å². The van der Waals surface area contributed by atoms with Gasteiger partial charge in [-0.1, -0.05) is 0 Å². The number of aliphatic hydroxyl groups excluding tert-OH is 1.